The van der Waals surface area contributed by atoms with Crippen LogP contribution in [0, 0.1) is 10.5 Å². The Morgan fingerprint density at radius 1 is 0.771 bits per heavy atom. The zero-order valence-electron chi connectivity index (χ0n) is 20.0. The summed E-state index contributed by atoms with van der Waals surface area (Å²) in [6, 6.07) is 32.0. The maximum Gasteiger partial charge on any atom is 0.162 e. The number of fused-ring (bicyclic) bond motifs is 1. The summed E-state index contributed by atoms with van der Waals surface area (Å²) in [5.41, 5.74) is 7.60. The van der Waals surface area contributed by atoms with Gasteiger partial charge in [-0.15, -0.1) is 0 Å². The van der Waals surface area contributed by atoms with Gasteiger partial charge in [-0.2, -0.15) is 0 Å². The van der Waals surface area contributed by atoms with Gasteiger partial charge in [0.05, 0.1) is 0 Å². The Bertz CT molecular complexity index is 1270. The van der Waals surface area contributed by atoms with E-state index in [-0.39, 0.29) is 6.04 Å². The minimum absolute atomic E-state index is 0.250. The van der Waals surface area contributed by atoms with Crippen LogP contribution in [0.4, 0.5) is 0 Å². The monoisotopic (exact) mass is 575 g/mol. The zero-order valence-corrected chi connectivity index (χ0v) is 22.1. The summed E-state index contributed by atoms with van der Waals surface area (Å²) in [4.78, 5) is 0. The van der Waals surface area contributed by atoms with Gasteiger partial charge in [-0.3, -0.25) is 0 Å². The molecule has 1 unspecified atom stereocenters. The summed E-state index contributed by atoms with van der Waals surface area (Å²) in [7, 11) is 0. The number of benzene rings is 4. The molecule has 3 nitrogen and oxygen atoms in total. The molecule has 4 aromatic rings. The van der Waals surface area contributed by atoms with Crippen LogP contribution in [0.3, 0.4) is 0 Å². The van der Waals surface area contributed by atoms with Crippen LogP contribution in [-0.2, 0) is 26.1 Å². The van der Waals surface area contributed by atoms with Gasteiger partial charge in [0.25, 0.3) is 0 Å². The van der Waals surface area contributed by atoms with Gasteiger partial charge in [0.2, 0.25) is 0 Å². The van der Waals surface area contributed by atoms with E-state index in [4.69, 9.17) is 9.47 Å². The summed E-state index contributed by atoms with van der Waals surface area (Å²) < 4.78 is 14.0. The smallest absolute Gasteiger partial charge is 0.162 e. The van der Waals surface area contributed by atoms with E-state index >= 15 is 0 Å². The Morgan fingerprint density at radius 2 is 1.40 bits per heavy atom. The Kier molecular flexibility index (Phi) is 7.69. The number of nitrogens with one attached hydrogen (secondary N) is 1. The first-order valence-corrected chi connectivity index (χ1v) is 13.2. The van der Waals surface area contributed by atoms with Crippen LogP contribution in [0.1, 0.15) is 39.4 Å². The predicted octanol–water partition coefficient (Wildman–Crippen LogP) is 7.19. The van der Waals surface area contributed by atoms with Crippen molar-refractivity contribution in [3.05, 3.63) is 128 Å². The molecule has 35 heavy (non-hydrogen) atoms. The third-order valence-corrected chi connectivity index (χ3v) is 7.68. The van der Waals surface area contributed by atoms with Crippen molar-refractivity contribution in [3.63, 3.8) is 0 Å². The summed E-state index contributed by atoms with van der Waals surface area (Å²) in [5.74, 6) is 1.62. The van der Waals surface area contributed by atoms with Crippen LogP contribution in [0.25, 0.3) is 0 Å². The third kappa shape index (κ3) is 6.06. The summed E-state index contributed by atoms with van der Waals surface area (Å²) >= 11 is 2.43. The molecule has 0 saturated carbocycles. The molecule has 0 fully saturated rings. The van der Waals surface area contributed by atoms with Gasteiger partial charge in [0.1, 0.15) is 13.2 Å². The standard InChI is InChI=1S/C31H30INO2/c1-22-12-13-25(16-28(22)32)17-29-27-19-31(35-21-24-10-6-3-7-11-24)30(18-26(27)14-15-33-29)34-20-23-8-4-2-5-9-23/h2-13,16,18-19,29,33H,14-15,17,20-21H2,1H3. The van der Waals surface area contributed by atoms with Crippen LogP contribution < -0.4 is 14.8 Å². The summed E-state index contributed by atoms with van der Waals surface area (Å²) in [6.07, 6.45) is 1.93. The highest BCUT2D eigenvalue weighted by atomic mass is 127. The fourth-order valence-electron chi connectivity index (χ4n) is 4.53. The fourth-order valence-corrected chi connectivity index (χ4v) is 5.11. The molecule has 0 radical (unpaired) electrons. The van der Waals surface area contributed by atoms with Gasteiger partial charge < -0.3 is 14.8 Å². The molecular weight excluding hydrogens is 545 g/mol. The fraction of sp³-hybridized carbons (Fsp3) is 0.226. The first-order chi connectivity index (χ1) is 17.2. The van der Waals surface area contributed by atoms with Crippen molar-refractivity contribution in [3.8, 4) is 11.5 Å². The van der Waals surface area contributed by atoms with E-state index in [0.717, 1.165) is 42.0 Å². The van der Waals surface area contributed by atoms with Crippen molar-refractivity contribution in [2.75, 3.05) is 6.54 Å². The maximum absolute atomic E-state index is 6.36. The van der Waals surface area contributed by atoms with Crippen LogP contribution >= 0.6 is 22.6 Å². The normalized spacial score (nSPS) is 14.9. The van der Waals surface area contributed by atoms with E-state index in [2.05, 4.69) is 89.4 Å². The first kappa shape index (κ1) is 23.9. The molecule has 0 bridgehead atoms. The maximum atomic E-state index is 6.36. The molecule has 4 aromatic carbocycles. The third-order valence-electron chi connectivity index (χ3n) is 6.52. The van der Waals surface area contributed by atoms with E-state index in [1.54, 1.807) is 0 Å². The molecule has 0 aromatic heterocycles. The predicted molar refractivity (Wildman–Crippen MR) is 150 cm³/mol. The second kappa shape index (κ2) is 11.3. The lowest BCUT2D eigenvalue weighted by atomic mass is 9.89. The number of hydrogen-bond donors (Lipinski definition) is 1. The van der Waals surface area contributed by atoms with Gasteiger partial charge in [-0.25, -0.2) is 0 Å². The molecule has 0 spiro atoms. The largest absolute Gasteiger partial charge is 0.485 e. The van der Waals surface area contributed by atoms with E-state index in [0.29, 0.717) is 13.2 Å². The highest BCUT2D eigenvalue weighted by molar-refractivity contribution is 14.1. The lowest BCUT2D eigenvalue weighted by Gasteiger charge is -2.29. The number of halogens is 1. The minimum atomic E-state index is 0.250. The Labute approximate surface area is 221 Å². The summed E-state index contributed by atoms with van der Waals surface area (Å²) in [6.45, 7) is 4.15. The van der Waals surface area contributed by atoms with Crippen molar-refractivity contribution >= 4 is 22.6 Å². The molecule has 4 heteroatoms. The molecular formula is C31H30INO2. The van der Waals surface area contributed by atoms with Crippen molar-refractivity contribution in [2.45, 2.75) is 39.0 Å². The first-order valence-electron chi connectivity index (χ1n) is 12.1. The molecule has 1 aliphatic heterocycles. The van der Waals surface area contributed by atoms with E-state index < -0.39 is 0 Å². The number of rotatable bonds is 8. The van der Waals surface area contributed by atoms with Gasteiger partial charge in [0, 0.05) is 9.61 Å². The lowest BCUT2D eigenvalue weighted by molar-refractivity contribution is 0.254. The van der Waals surface area contributed by atoms with Crippen molar-refractivity contribution in [1.82, 2.24) is 5.32 Å². The molecule has 1 atom stereocenters. The highest BCUT2D eigenvalue weighted by Crippen LogP contribution is 2.37. The molecule has 0 amide bonds. The second-order valence-corrected chi connectivity index (χ2v) is 10.3. The van der Waals surface area contributed by atoms with E-state index in [9.17, 15) is 0 Å². The van der Waals surface area contributed by atoms with Gasteiger partial charge in [-0.05, 0) is 100 Å². The van der Waals surface area contributed by atoms with Gasteiger partial charge >= 0.3 is 0 Å². The Hall–Kier alpha value is -2.83. The molecule has 1 N–H and O–H groups in total. The summed E-state index contributed by atoms with van der Waals surface area (Å²) in [5, 5.41) is 3.74. The molecule has 178 valence electrons. The second-order valence-electron chi connectivity index (χ2n) is 9.09. The molecule has 0 aliphatic carbocycles. The molecule has 1 heterocycles. The minimum Gasteiger partial charge on any atom is -0.485 e. The zero-order chi connectivity index (χ0) is 24.0. The van der Waals surface area contributed by atoms with Crippen LogP contribution in [-0.4, -0.2) is 6.54 Å². The SMILES string of the molecule is Cc1ccc(CC2NCCc3cc(OCc4ccccc4)c(OCc4ccccc4)cc32)cc1I. The van der Waals surface area contributed by atoms with Crippen LogP contribution in [0.2, 0.25) is 0 Å². The van der Waals surface area contributed by atoms with E-state index in [1.807, 2.05) is 36.4 Å². The molecule has 1 aliphatic rings. The van der Waals surface area contributed by atoms with Gasteiger partial charge in [-0.1, -0.05) is 72.8 Å². The van der Waals surface area contributed by atoms with Crippen LogP contribution in [0.5, 0.6) is 11.5 Å². The Morgan fingerprint density at radius 3 is 2.03 bits per heavy atom. The number of ether oxygens (including phenoxy) is 2. The Balaban J connectivity index is 1.43. The van der Waals surface area contributed by atoms with Crippen LogP contribution in [0.15, 0.2) is 91.0 Å². The van der Waals surface area contributed by atoms with E-state index in [1.165, 1.54) is 25.8 Å². The quantitative estimate of drug-likeness (QED) is 0.226. The average molecular weight is 575 g/mol. The van der Waals surface area contributed by atoms with Gasteiger partial charge in [0.15, 0.2) is 11.5 Å². The topological polar surface area (TPSA) is 30.5 Å². The number of aryl methyl sites for hydroxylation is 1. The number of hydrogen-bond acceptors (Lipinski definition) is 3. The van der Waals surface area contributed by atoms with Crippen molar-refractivity contribution in [1.29, 1.82) is 0 Å². The van der Waals surface area contributed by atoms with Crippen molar-refractivity contribution in [2.24, 2.45) is 0 Å². The lowest BCUT2D eigenvalue weighted by Crippen LogP contribution is -2.31. The average Bonchev–Trinajstić information content (AvgIpc) is 2.89. The molecule has 0 saturated heterocycles. The molecule has 5 rings (SSSR count). The highest BCUT2D eigenvalue weighted by Gasteiger charge is 2.23. The van der Waals surface area contributed by atoms with Crippen molar-refractivity contribution < 1.29 is 9.47 Å².